The van der Waals surface area contributed by atoms with Gasteiger partial charge in [-0.3, -0.25) is 4.79 Å². The summed E-state index contributed by atoms with van der Waals surface area (Å²) in [5, 5.41) is 13.2. The van der Waals surface area contributed by atoms with Crippen LogP contribution in [0.3, 0.4) is 0 Å². The number of ether oxygens (including phenoxy) is 2. The number of benzene rings is 2. The number of halogens is 2. The maximum atomic E-state index is 12.6. The number of carboxylic acids is 1. The number of amides is 1. The lowest BCUT2D eigenvalue weighted by atomic mass is 10.0. The summed E-state index contributed by atoms with van der Waals surface area (Å²) >= 11 is 12.1. The monoisotopic (exact) mass is 479 g/mol. The number of nitrogens with one attached hydrogen (secondary N) is 1. The summed E-state index contributed by atoms with van der Waals surface area (Å²) in [4.78, 5) is 24.1. The van der Waals surface area contributed by atoms with Gasteiger partial charge in [-0.15, -0.1) is 0 Å². The Morgan fingerprint density at radius 2 is 1.88 bits per heavy atom. The molecule has 0 spiro atoms. The van der Waals surface area contributed by atoms with Gasteiger partial charge in [-0.2, -0.15) is 0 Å². The Labute approximate surface area is 198 Å². The number of hydrogen-bond donors (Lipinski definition) is 2. The van der Waals surface area contributed by atoms with Crippen LogP contribution in [0.4, 0.5) is 0 Å². The molecule has 0 saturated heterocycles. The maximum Gasteiger partial charge on any atom is 0.333 e. The highest BCUT2D eigenvalue weighted by molar-refractivity contribution is 6.35. The maximum absolute atomic E-state index is 12.6. The summed E-state index contributed by atoms with van der Waals surface area (Å²) in [7, 11) is 1.54. The van der Waals surface area contributed by atoms with E-state index in [-0.39, 0.29) is 25.0 Å². The third-order valence-electron chi connectivity index (χ3n) is 4.61. The van der Waals surface area contributed by atoms with Crippen LogP contribution >= 0.6 is 23.2 Å². The molecule has 2 aromatic carbocycles. The van der Waals surface area contributed by atoms with Crippen LogP contribution in [-0.4, -0.2) is 36.3 Å². The highest BCUT2D eigenvalue weighted by atomic mass is 35.5. The second kappa shape index (κ2) is 11.9. The van der Waals surface area contributed by atoms with Crippen LogP contribution in [0.2, 0.25) is 10.0 Å². The van der Waals surface area contributed by atoms with E-state index in [1.165, 1.54) is 7.11 Å². The smallest absolute Gasteiger partial charge is 0.333 e. The molecule has 8 heteroatoms. The van der Waals surface area contributed by atoms with E-state index in [4.69, 9.17) is 32.7 Å². The van der Waals surface area contributed by atoms with Crippen molar-refractivity contribution in [3.8, 4) is 5.75 Å². The normalized spacial score (nSPS) is 12.5. The van der Waals surface area contributed by atoms with E-state index in [9.17, 15) is 14.7 Å². The van der Waals surface area contributed by atoms with E-state index in [1.807, 2.05) is 6.07 Å². The van der Waals surface area contributed by atoms with Gasteiger partial charge in [0.05, 0.1) is 13.2 Å². The Morgan fingerprint density at radius 1 is 1.16 bits per heavy atom. The number of hydrogen-bond acceptors (Lipinski definition) is 4. The van der Waals surface area contributed by atoms with E-state index in [0.29, 0.717) is 26.9 Å². The Hall–Kier alpha value is -2.54. The van der Waals surface area contributed by atoms with Crippen molar-refractivity contribution >= 4 is 41.2 Å². The van der Waals surface area contributed by atoms with Crippen LogP contribution in [0, 0.1) is 0 Å². The second-order valence-electron chi connectivity index (χ2n) is 7.54. The molecule has 0 saturated carbocycles. The predicted octanol–water partition coefficient (Wildman–Crippen LogP) is 5.14. The fourth-order valence-electron chi connectivity index (χ4n) is 3.07. The van der Waals surface area contributed by atoms with Crippen LogP contribution in [0.1, 0.15) is 37.5 Å². The minimum atomic E-state index is -1.02. The minimum Gasteiger partial charge on any atom is -0.496 e. The van der Waals surface area contributed by atoms with Gasteiger partial charge >= 0.3 is 5.97 Å². The van der Waals surface area contributed by atoms with Gasteiger partial charge in [0.25, 0.3) is 0 Å². The molecular weight excluding hydrogens is 453 g/mol. The third-order valence-corrected chi connectivity index (χ3v) is 5.17. The van der Waals surface area contributed by atoms with E-state index >= 15 is 0 Å². The quantitative estimate of drug-likeness (QED) is 0.460. The zero-order valence-corrected chi connectivity index (χ0v) is 20.0. The first-order chi connectivity index (χ1) is 15.1. The van der Waals surface area contributed by atoms with Gasteiger partial charge in [-0.25, -0.2) is 4.79 Å². The second-order valence-corrected chi connectivity index (χ2v) is 8.38. The van der Waals surface area contributed by atoms with Gasteiger partial charge < -0.3 is 19.9 Å². The number of methoxy groups -OCH3 is 1. The van der Waals surface area contributed by atoms with Crippen LogP contribution in [0.5, 0.6) is 5.75 Å². The Bertz CT molecular complexity index is 1000. The average Bonchev–Trinajstić information content (AvgIpc) is 2.73. The number of carbonyl (C=O) groups excluding carboxylic acids is 1. The average molecular weight is 480 g/mol. The first kappa shape index (κ1) is 25.7. The van der Waals surface area contributed by atoms with Crippen molar-refractivity contribution in [2.24, 2.45) is 0 Å². The van der Waals surface area contributed by atoms with Crippen molar-refractivity contribution in [2.45, 2.75) is 45.9 Å². The SMILES string of the molecule is COc1ccc(CC(OC(C)C)C(=O)O)cc1CNC(=O)C(C)=Cc1ccc(Cl)cc1Cl. The van der Waals surface area contributed by atoms with Crippen LogP contribution in [0.25, 0.3) is 6.08 Å². The van der Waals surface area contributed by atoms with Crippen LogP contribution in [-0.2, 0) is 27.3 Å². The van der Waals surface area contributed by atoms with Crippen LogP contribution in [0.15, 0.2) is 42.0 Å². The molecule has 0 bridgehead atoms. The van der Waals surface area contributed by atoms with Gasteiger partial charge in [0, 0.05) is 34.1 Å². The molecule has 0 aliphatic rings. The molecule has 172 valence electrons. The number of rotatable bonds is 10. The molecular formula is C24H27Cl2NO5. The molecule has 0 aliphatic carbocycles. The summed E-state index contributed by atoms with van der Waals surface area (Å²) in [6.07, 6.45) is 0.714. The molecule has 2 N–H and O–H groups in total. The molecule has 0 heterocycles. The largest absolute Gasteiger partial charge is 0.496 e. The molecule has 32 heavy (non-hydrogen) atoms. The minimum absolute atomic E-state index is 0.201. The van der Waals surface area contributed by atoms with Gasteiger partial charge in [0.15, 0.2) is 6.10 Å². The predicted molar refractivity (Wildman–Crippen MR) is 126 cm³/mol. The molecule has 0 radical (unpaired) electrons. The third kappa shape index (κ3) is 7.55. The molecule has 6 nitrogen and oxygen atoms in total. The number of carboxylic acid groups (broad SMARTS) is 1. The highest BCUT2D eigenvalue weighted by Crippen LogP contribution is 2.24. The van der Waals surface area contributed by atoms with Gasteiger partial charge in [0.1, 0.15) is 5.75 Å². The van der Waals surface area contributed by atoms with E-state index in [1.54, 1.807) is 57.2 Å². The topological polar surface area (TPSA) is 84.9 Å². The number of aliphatic carboxylic acids is 1. The molecule has 0 aromatic heterocycles. The summed E-state index contributed by atoms with van der Waals surface area (Å²) in [6.45, 7) is 5.47. The van der Waals surface area contributed by atoms with Crippen molar-refractivity contribution < 1.29 is 24.2 Å². The lowest BCUT2D eigenvalue weighted by Gasteiger charge is -2.18. The van der Waals surface area contributed by atoms with E-state index in [0.717, 1.165) is 11.1 Å². The van der Waals surface area contributed by atoms with E-state index in [2.05, 4.69) is 5.32 Å². The van der Waals surface area contributed by atoms with Gasteiger partial charge in [0.2, 0.25) is 5.91 Å². The molecule has 0 aliphatic heterocycles. The highest BCUT2D eigenvalue weighted by Gasteiger charge is 2.21. The summed E-state index contributed by atoms with van der Waals surface area (Å²) < 4.78 is 10.9. The zero-order chi connectivity index (χ0) is 23.8. The fourth-order valence-corrected chi connectivity index (χ4v) is 3.53. The van der Waals surface area contributed by atoms with E-state index < -0.39 is 12.1 Å². The Kier molecular flexibility index (Phi) is 9.57. The molecule has 1 unspecified atom stereocenters. The van der Waals surface area contributed by atoms with Gasteiger partial charge in [-0.05, 0) is 56.2 Å². The fraction of sp³-hybridized carbons (Fsp3) is 0.333. The molecule has 1 amide bonds. The summed E-state index contributed by atoms with van der Waals surface area (Å²) in [6, 6.07) is 10.4. The number of carbonyl (C=O) groups is 2. The van der Waals surface area contributed by atoms with Crippen molar-refractivity contribution in [3.05, 3.63) is 68.7 Å². The standard InChI is InChI=1S/C24H27Cl2NO5/c1-14(2)32-22(24(29)30)11-16-5-8-21(31-4)18(10-16)13-27-23(28)15(3)9-17-6-7-19(25)12-20(17)26/h5-10,12,14,22H,11,13H2,1-4H3,(H,27,28)(H,29,30). The zero-order valence-electron chi connectivity index (χ0n) is 18.4. The molecule has 1 atom stereocenters. The molecule has 2 aromatic rings. The lowest BCUT2D eigenvalue weighted by molar-refractivity contribution is -0.153. The van der Waals surface area contributed by atoms with Gasteiger partial charge in [-0.1, -0.05) is 41.4 Å². The Balaban J connectivity index is 2.13. The first-order valence-corrected chi connectivity index (χ1v) is 10.8. The summed E-state index contributed by atoms with van der Waals surface area (Å²) in [5.74, 6) is -0.700. The van der Waals surface area contributed by atoms with Crippen molar-refractivity contribution in [3.63, 3.8) is 0 Å². The molecule has 2 rings (SSSR count). The Morgan fingerprint density at radius 3 is 2.47 bits per heavy atom. The van der Waals surface area contributed by atoms with Crippen molar-refractivity contribution in [1.29, 1.82) is 0 Å². The van der Waals surface area contributed by atoms with Crippen molar-refractivity contribution in [2.75, 3.05) is 7.11 Å². The molecule has 0 fully saturated rings. The lowest BCUT2D eigenvalue weighted by Crippen LogP contribution is -2.29. The first-order valence-electron chi connectivity index (χ1n) is 10.1. The van der Waals surface area contributed by atoms with Crippen LogP contribution < -0.4 is 10.1 Å². The summed E-state index contributed by atoms with van der Waals surface area (Å²) in [5.41, 5.74) is 2.65. The van der Waals surface area contributed by atoms with Crippen molar-refractivity contribution in [1.82, 2.24) is 5.32 Å².